The van der Waals surface area contributed by atoms with E-state index in [0.29, 0.717) is 13.0 Å². The van der Waals surface area contributed by atoms with Crippen molar-refractivity contribution in [3.05, 3.63) is 66.2 Å². The first-order chi connectivity index (χ1) is 14.1. The number of rotatable bonds is 5. The Kier molecular flexibility index (Phi) is 5.77. The summed E-state index contributed by atoms with van der Waals surface area (Å²) < 4.78 is 11.2. The summed E-state index contributed by atoms with van der Waals surface area (Å²) in [6.45, 7) is 2.54. The van der Waals surface area contributed by atoms with Gasteiger partial charge in [0.15, 0.2) is 0 Å². The number of esters is 1. The SMILES string of the molecule is CC[C@H]1CC([Se]c2ccccc2)(C(=O)OC)C(=O)N2[C@@H]1OC[C@H]2c1ccccc1. The second kappa shape index (κ2) is 8.31. The molecule has 0 aromatic heterocycles. The van der Waals surface area contributed by atoms with Crippen molar-refractivity contribution in [1.29, 1.82) is 0 Å². The summed E-state index contributed by atoms with van der Waals surface area (Å²) in [5, 5.41) is 0. The van der Waals surface area contributed by atoms with Crippen LogP contribution in [0.4, 0.5) is 0 Å². The molecule has 1 unspecified atom stereocenters. The van der Waals surface area contributed by atoms with E-state index in [4.69, 9.17) is 9.47 Å². The number of benzene rings is 2. The molecule has 2 aliphatic heterocycles. The normalized spacial score (nSPS) is 28.8. The molecule has 2 fully saturated rings. The summed E-state index contributed by atoms with van der Waals surface area (Å²) in [4.78, 5) is 28.9. The topological polar surface area (TPSA) is 55.8 Å². The molecule has 6 heteroatoms. The summed E-state index contributed by atoms with van der Waals surface area (Å²) in [5.74, 6) is -0.498. The molecule has 2 saturated heterocycles. The maximum absolute atomic E-state index is 13.9. The Morgan fingerprint density at radius 1 is 1.17 bits per heavy atom. The van der Waals surface area contributed by atoms with Gasteiger partial charge in [0.25, 0.3) is 0 Å². The van der Waals surface area contributed by atoms with Gasteiger partial charge in [0.05, 0.1) is 0 Å². The van der Waals surface area contributed by atoms with Gasteiger partial charge in [0.2, 0.25) is 0 Å². The van der Waals surface area contributed by atoms with Crippen molar-refractivity contribution in [3.63, 3.8) is 0 Å². The van der Waals surface area contributed by atoms with Crippen LogP contribution in [0, 0.1) is 5.92 Å². The number of methoxy groups -OCH3 is 1. The first-order valence-corrected chi connectivity index (χ1v) is 11.6. The average Bonchev–Trinajstić information content (AvgIpc) is 3.22. The van der Waals surface area contributed by atoms with Gasteiger partial charge in [-0.25, -0.2) is 0 Å². The fourth-order valence-corrected chi connectivity index (χ4v) is 7.18. The van der Waals surface area contributed by atoms with Crippen molar-refractivity contribution in [2.75, 3.05) is 13.7 Å². The van der Waals surface area contributed by atoms with E-state index in [9.17, 15) is 9.59 Å². The molecule has 2 aromatic carbocycles. The Morgan fingerprint density at radius 2 is 1.83 bits per heavy atom. The van der Waals surface area contributed by atoms with E-state index in [0.717, 1.165) is 16.4 Å². The zero-order valence-electron chi connectivity index (χ0n) is 16.6. The quantitative estimate of drug-likeness (QED) is 0.393. The van der Waals surface area contributed by atoms with Gasteiger partial charge >= 0.3 is 177 Å². The van der Waals surface area contributed by atoms with Gasteiger partial charge in [-0.3, -0.25) is 0 Å². The summed E-state index contributed by atoms with van der Waals surface area (Å²) in [6.07, 6.45) is 1.01. The molecule has 1 amide bonds. The van der Waals surface area contributed by atoms with Crippen LogP contribution in [0.3, 0.4) is 0 Å². The second-order valence-corrected chi connectivity index (χ2v) is 10.3. The molecule has 4 rings (SSSR count). The van der Waals surface area contributed by atoms with Crippen LogP contribution in [-0.2, 0) is 19.1 Å². The van der Waals surface area contributed by atoms with Crippen molar-refractivity contribution >= 4 is 31.3 Å². The fourth-order valence-electron chi connectivity index (χ4n) is 4.34. The molecule has 29 heavy (non-hydrogen) atoms. The van der Waals surface area contributed by atoms with E-state index in [1.54, 1.807) is 0 Å². The van der Waals surface area contributed by atoms with E-state index < -0.39 is 10.3 Å². The number of amides is 1. The van der Waals surface area contributed by atoms with E-state index >= 15 is 0 Å². The average molecular weight is 458 g/mol. The van der Waals surface area contributed by atoms with Crippen LogP contribution in [0.2, 0.25) is 4.31 Å². The third-order valence-corrected chi connectivity index (χ3v) is 8.69. The molecule has 2 aromatic rings. The van der Waals surface area contributed by atoms with Crippen molar-refractivity contribution in [1.82, 2.24) is 4.90 Å². The molecule has 5 nitrogen and oxygen atoms in total. The van der Waals surface area contributed by atoms with E-state index in [1.165, 1.54) is 7.11 Å². The van der Waals surface area contributed by atoms with Crippen LogP contribution in [-0.4, -0.2) is 51.7 Å². The van der Waals surface area contributed by atoms with Gasteiger partial charge in [0.1, 0.15) is 0 Å². The van der Waals surface area contributed by atoms with Gasteiger partial charge < -0.3 is 0 Å². The van der Waals surface area contributed by atoms with Crippen LogP contribution >= 0.6 is 0 Å². The number of hydrogen-bond donors (Lipinski definition) is 0. The van der Waals surface area contributed by atoms with Crippen LogP contribution in [0.15, 0.2) is 60.7 Å². The molecule has 0 bridgehead atoms. The molecule has 4 atom stereocenters. The first kappa shape index (κ1) is 20.1. The summed E-state index contributed by atoms with van der Waals surface area (Å²) >= 11 is -0.388. The van der Waals surface area contributed by atoms with Gasteiger partial charge in [-0.1, -0.05) is 0 Å². The molecule has 2 aliphatic rings. The molecule has 0 radical (unpaired) electrons. The third-order valence-electron chi connectivity index (χ3n) is 5.83. The van der Waals surface area contributed by atoms with Gasteiger partial charge in [-0.2, -0.15) is 0 Å². The standard InChI is InChI=1S/C23H25NO4Se/c1-3-16-14-23(22(26)27-2,29-18-12-8-5-9-13-18)21(25)24-19(15-28-20(16)24)17-10-6-4-7-11-17/h4-13,16,19-20H,3,14-15H2,1-2H3/t16-,19-,20+,23?/m0/s1. The Labute approximate surface area is 177 Å². The van der Waals surface area contributed by atoms with Gasteiger partial charge in [0, 0.05) is 0 Å². The van der Waals surface area contributed by atoms with E-state index in [2.05, 4.69) is 6.92 Å². The number of fused-ring (bicyclic) bond motifs is 1. The number of carbonyl (C=O) groups excluding carboxylic acids is 2. The number of ether oxygens (including phenoxy) is 2. The summed E-state index contributed by atoms with van der Waals surface area (Å²) in [7, 11) is 1.38. The molecule has 0 aliphatic carbocycles. The minimum absolute atomic E-state index is 0.0890. The van der Waals surface area contributed by atoms with Crippen molar-refractivity contribution in [2.24, 2.45) is 5.92 Å². The number of hydrogen-bond acceptors (Lipinski definition) is 4. The molecule has 152 valence electrons. The zero-order valence-corrected chi connectivity index (χ0v) is 18.3. The van der Waals surface area contributed by atoms with E-state index in [1.807, 2.05) is 65.6 Å². The Morgan fingerprint density at radius 3 is 2.45 bits per heavy atom. The predicted molar refractivity (Wildman–Crippen MR) is 111 cm³/mol. The molecule has 2 heterocycles. The first-order valence-electron chi connectivity index (χ1n) is 9.92. The predicted octanol–water partition coefficient (Wildman–Crippen LogP) is 2.70. The third kappa shape index (κ3) is 3.50. The van der Waals surface area contributed by atoms with Crippen molar-refractivity contribution in [3.8, 4) is 0 Å². The van der Waals surface area contributed by atoms with Crippen LogP contribution in [0.25, 0.3) is 0 Å². The summed E-state index contributed by atoms with van der Waals surface area (Å²) in [5.41, 5.74) is 1.03. The summed E-state index contributed by atoms with van der Waals surface area (Å²) in [6, 6.07) is 19.6. The van der Waals surface area contributed by atoms with Crippen LogP contribution in [0.1, 0.15) is 31.4 Å². The van der Waals surface area contributed by atoms with Gasteiger partial charge in [-0.05, 0) is 0 Å². The molecule has 0 N–H and O–H groups in total. The molecule has 0 spiro atoms. The molecular weight excluding hydrogens is 433 g/mol. The van der Waals surface area contributed by atoms with Crippen LogP contribution < -0.4 is 4.46 Å². The maximum atomic E-state index is 13.9. The van der Waals surface area contributed by atoms with E-state index in [-0.39, 0.29) is 39.1 Å². The van der Waals surface area contributed by atoms with Crippen molar-refractivity contribution < 1.29 is 19.1 Å². The Bertz CT molecular complexity index is 875. The van der Waals surface area contributed by atoms with Crippen LogP contribution in [0.5, 0.6) is 0 Å². The monoisotopic (exact) mass is 459 g/mol. The number of nitrogens with zero attached hydrogens (tertiary/aromatic N) is 1. The van der Waals surface area contributed by atoms with Gasteiger partial charge in [-0.15, -0.1) is 0 Å². The number of piperidine rings is 1. The molecular formula is C23H25NO4Se. The molecule has 0 saturated carbocycles. The fraction of sp³-hybridized carbons (Fsp3) is 0.391. The Balaban J connectivity index is 1.77. The Hall–Kier alpha value is -2.14. The number of carbonyl (C=O) groups is 2. The zero-order chi connectivity index (χ0) is 20.4. The second-order valence-electron chi connectivity index (χ2n) is 7.47. The minimum atomic E-state index is -1.17. The van der Waals surface area contributed by atoms with Crippen molar-refractivity contribution in [2.45, 2.75) is 36.3 Å².